The van der Waals surface area contributed by atoms with Crippen molar-refractivity contribution in [1.29, 1.82) is 0 Å². The average molecular weight is 379 g/mol. The molecule has 8 nitrogen and oxygen atoms in total. The van der Waals surface area contributed by atoms with Gasteiger partial charge in [-0.1, -0.05) is 12.1 Å². The third-order valence-electron chi connectivity index (χ3n) is 4.98. The van der Waals surface area contributed by atoms with Crippen LogP contribution in [0, 0.1) is 0 Å². The number of rotatable bonds is 5. The number of halogens is 1. The van der Waals surface area contributed by atoms with Gasteiger partial charge in [0.25, 0.3) is 5.91 Å². The zero-order valence-electron chi connectivity index (χ0n) is 14.6. The second-order valence-electron chi connectivity index (χ2n) is 6.66. The van der Waals surface area contributed by atoms with Crippen LogP contribution in [0.5, 0.6) is 0 Å². The Hall–Kier alpha value is -2.03. The Morgan fingerprint density at radius 3 is 2.81 bits per heavy atom. The van der Waals surface area contributed by atoms with Crippen LogP contribution >= 0.6 is 12.4 Å². The maximum absolute atomic E-state index is 12.8. The maximum Gasteiger partial charge on any atom is 0.256 e. The number of aromatic nitrogens is 4. The molecule has 0 spiro atoms. The summed E-state index contributed by atoms with van der Waals surface area (Å²) in [4.78, 5) is 12.8. The van der Waals surface area contributed by atoms with E-state index in [9.17, 15) is 4.79 Å². The number of benzene rings is 1. The number of tetrazole rings is 1. The van der Waals surface area contributed by atoms with Gasteiger partial charge in [0.2, 0.25) is 0 Å². The highest BCUT2D eigenvalue weighted by atomic mass is 35.5. The van der Waals surface area contributed by atoms with Crippen LogP contribution in [0.2, 0.25) is 0 Å². The predicted octanol–water partition coefficient (Wildman–Crippen LogP) is 1.80. The molecule has 2 aliphatic rings. The van der Waals surface area contributed by atoms with Gasteiger partial charge >= 0.3 is 0 Å². The smallest absolute Gasteiger partial charge is 0.256 e. The third-order valence-corrected chi connectivity index (χ3v) is 4.98. The summed E-state index contributed by atoms with van der Waals surface area (Å²) >= 11 is 0. The Bertz CT molecular complexity index is 770. The highest BCUT2D eigenvalue weighted by Crippen LogP contribution is 2.37. The number of anilines is 1. The summed E-state index contributed by atoms with van der Waals surface area (Å²) < 4.78 is 7.45. The number of amides is 1. The summed E-state index contributed by atoms with van der Waals surface area (Å²) in [6, 6.07) is 8.04. The monoisotopic (exact) mass is 378 g/mol. The van der Waals surface area contributed by atoms with Crippen LogP contribution in [-0.4, -0.2) is 51.9 Å². The van der Waals surface area contributed by atoms with Gasteiger partial charge in [0.05, 0.1) is 6.04 Å². The van der Waals surface area contributed by atoms with E-state index in [1.807, 2.05) is 28.9 Å². The van der Waals surface area contributed by atoms with Gasteiger partial charge in [0.15, 0.2) is 5.82 Å². The van der Waals surface area contributed by atoms with Crippen molar-refractivity contribution < 1.29 is 9.53 Å². The molecule has 1 aromatic carbocycles. The van der Waals surface area contributed by atoms with Crippen LogP contribution in [0.3, 0.4) is 0 Å². The normalized spacial score (nSPS) is 18.8. The van der Waals surface area contributed by atoms with E-state index in [2.05, 4.69) is 26.2 Å². The van der Waals surface area contributed by atoms with Gasteiger partial charge in [-0.15, -0.1) is 17.5 Å². The molecule has 1 saturated heterocycles. The van der Waals surface area contributed by atoms with Gasteiger partial charge < -0.3 is 15.4 Å². The minimum absolute atomic E-state index is 0. The lowest BCUT2D eigenvalue weighted by atomic mass is 9.91. The molecule has 0 bridgehead atoms. The van der Waals surface area contributed by atoms with Crippen molar-refractivity contribution in [2.45, 2.75) is 37.3 Å². The van der Waals surface area contributed by atoms with E-state index in [1.54, 1.807) is 7.11 Å². The molecule has 2 fully saturated rings. The molecule has 0 radical (unpaired) electrons. The van der Waals surface area contributed by atoms with Crippen LogP contribution in [0.1, 0.15) is 31.7 Å². The summed E-state index contributed by atoms with van der Waals surface area (Å²) in [7, 11) is 1.60. The lowest BCUT2D eigenvalue weighted by Crippen LogP contribution is -2.51. The van der Waals surface area contributed by atoms with Crippen LogP contribution in [0.15, 0.2) is 24.3 Å². The zero-order valence-corrected chi connectivity index (χ0v) is 15.5. The molecule has 0 unspecified atom stereocenters. The predicted molar refractivity (Wildman–Crippen MR) is 99.2 cm³/mol. The fourth-order valence-corrected chi connectivity index (χ4v) is 3.28. The van der Waals surface area contributed by atoms with Gasteiger partial charge in [-0.3, -0.25) is 4.79 Å². The minimum atomic E-state index is -0.767. The van der Waals surface area contributed by atoms with E-state index in [1.165, 1.54) is 0 Å². The summed E-state index contributed by atoms with van der Waals surface area (Å²) in [5.74, 6) is 0.636. The van der Waals surface area contributed by atoms with Crippen molar-refractivity contribution >= 4 is 24.0 Å². The summed E-state index contributed by atoms with van der Waals surface area (Å²) in [6.45, 7) is 1.55. The Morgan fingerprint density at radius 1 is 1.35 bits per heavy atom. The first-order chi connectivity index (χ1) is 12.2. The molecular formula is C17H23ClN6O2. The fraction of sp³-hybridized carbons (Fsp3) is 0.529. The molecule has 1 aliphatic carbocycles. The second-order valence-corrected chi connectivity index (χ2v) is 6.66. The lowest BCUT2D eigenvalue weighted by molar-refractivity contribution is -0.140. The zero-order chi connectivity index (χ0) is 17.3. The molecule has 1 saturated carbocycles. The SMILES string of the molecule is COC1(C(=O)Nc2cccc(-c3nnnn3C3CC3)c2)CCNCC1.Cl. The van der Waals surface area contributed by atoms with Crippen molar-refractivity contribution in [3.8, 4) is 11.4 Å². The number of carbonyl (C=O) groups is 1. The van der Waals surface area contributed by atoms with Crippen LogP contribution < -0.4 is 10.6 Å². The molecule has 1 aliphatic heterocycles. The Balaban J connectivity index is 0.00000196. The van der Waals surface area contributed by atoms with Crippen LogP contribution in [-0.2, 0) is 9.53 Å². The number of methoxy groups -OCH3 is 1. The van der Waals surface area contributed by atoms with E-state index < -0.39 is 5.60 Å². The molecule has 2 N–H and O–H groups in total. The standard InChI is InChI=1S/C17H22N6O2.ClH/c1-25-17(7-9-18-10-8-17)16(24)19-13-4-2-3-12(11-13)15-20-21-22-23(15)14-5-6-14;/h2-4,11,14,18H,5-10H2,1H3,(H,19,24);1H. The van der Waals surface area contributed by atoms with E-state index in [-0.39, 0.29) is 18.3 Å². The number of hydrogen-bond donors (Lipinski definition) is 2. The second kappa shape index (κ2) is 7.69. The number of piperidine rings is 1. The van der Waals surface area contributed by atoms with E-state index in [4.69, 9.17) is 4.74 Å². The van der Waals surface area contributed by atoms with Crippen molar-refractivity contribution in [1.82, 2.24) is 25.5 Å². The molecule has 4 rings (SSSR count). The van der Waals surface area contributed by atoms with Gasteiger partial charge in [0.1, 0.15) is 5.60 Å². The van der Waals surface area contributed by atoms with Crippen molar-refractivity contribution in [2.75, 3.05) is 25.5 Å². The first-order valence-corrected chi connectivity index (χ1v) is 8.67. The van der Waals surface area contributed by atoms with Gasteiger partial charge in [0, 0.05) is 18.4 Å². The van der Waals surface area contributed by atoms with Crippen LogP contribution in [0.4, 0.5) is 5.69 Å². The molecule has 2 heterocycles. The van der Waals surface area contributed by atoms with Crippen molar-refractivity contribution in [3.63, 3.8) is 0 Å². The third kappa shape index (κ3) is 3.58. The first-order valence-electron chi connectivity index (χ1n) is 8.67. The van der Waals surface area contributed by atoms with Crippen molar-refractivity contribution in [3.05, 3.63) is 24.3 Å². The van der Waals surface area contributed by atoms with Crippen molar-refractivity contribution in [2.24, 2.45) is 0 Å². The number of carbonyl (C=O) groups excluding carboxylic acids is 1. The van der Waals surface area contributed by atoms with Gasteiger partial charge in [-0.2, -0.15) is 0 Å². The van der Waals surface area contributed by atoms with Gasteiger partial charge in [-0.05, 0) is 61.3 Å². The molecule has 9 heteroatoms. The summed E-state index contributed by atoms with van der Waals surface area (Å²) in [5.41, 5.74) is 0.853. The summed E-state index contributed by atoms with van der Waals surface area (Å²) in [5, 5.41) is 18.3. The Morgan fingerprint density at radius 2 is 2.12 bits per heavy atom. The number of ether oxygens (including phenoxy) is 1. The number of nitrogens with one attached hydrogen (secondary N) is 2. The van der Waals surface area contributed by atoms with E-state index in [0.717, 1.165) is 43.0 Å². The molecule has 0 atom stereocenters. The molecule has 1 amide bonds. The van der Waals surface area contributed by atoms with Crippen LogP contribution in [0.25, 0.3) is 11.4 Å². The first kappa shape index (κ1) is 18.8. The highest BCUT2D eigenvalue weighted by molar-refractivity contribution is 5.97. The maximum atomic E-state index is 12.8. The molecule has 2 aromatic rings. The van der Waals surface area contributed by atoms with Gasteiger partial charge in [-0.25, -0.2) is 4.68 Å². The fourth-order valence-electron chi connectivity index (χ4n) is 3.28. The molecular weight excluding hydrogens is 356 g/mol. The highest BCUT2D eigenvalue weighted by Gasteiger charge is 2.39. The minimum Gasteiger partial charge on any atom is -0.368 e. The average Bonchev–Trinajstić information content (AvgIpc) is 3.39. The van der Waals surface area contributed by atoms with E-state index >= 15 is 0 Å². The molecule has 1 aromatic heterocycles. The Kier molecular flexibility index (Phi) is 5.55. The largest absolute Gasteiger partial charge is 0.368 e. The number of nitrogens with zero attached hydrogens (tertiary/aromatic N) is 4. The Labute approximate surface area is 158 Å². The van der Waals surface area contributed by atoms with E-state index in [0.29, 0.717) is 18.9 Å². The molecule has 26 heavy (non-hydrogen) atoms. The number of hydrogen-bond acceptors (Lipinski definition) is 6. The molecule has 140 valence electrons. The topological polar surface area (TPSA) is 94.0 Å². The lowest BCUT2D eigenvalue weighted by Gasteiger charge is -2.34. The summed E-state index contributed by atoms with van der Waals surface area (Å²) in [6.07, 6.45) is 3.54. The quantitative estimate of drug-likeness (QED) is 0.824.